The van der Waals surface area contributed by atoms with Gasteiger partial charge in [0.25, 0.3) is 0 Å². The van der Waals surface area contributed by atoms with Gasteiger partial charge in [-0.2, -0.15) is 0 Å². The van der Waals surface area contributed by atoms with Crippen LogP contribution in [-0.4, -0.2) is 99.3 Å². The number of nitrogens with two attached hydrogens (primary N) is 1. The third-order valence-corrected chi connectivity index (χ3v) is 11.8. The molecule has 0 aromatic heterocycles. The smallest absolute Gasteiger partial charge is 0.472 e. The van der Waals surface area contributed by atoms with Crippen molar-refractivity contribution in [3.63, 3.8) is 0 Å². The number of hydrogen-bond donors (Lipinski definition) is 6. The van der Waals surface area contributed by atoms with Crippen LogP contribution in [0.3, 0.4) is 0 Å². The Labute approximate surface area is 370 Å². The van der Waals surface area contributed by atoms with Gasteiger partial charge in [0.05, 0.1) is 31.5 Å². The monoisotopic (exact) mass is 902 g/mol. The molecule has 8 atom stereocenters. The zero-order valence-corrected chi connectivity index (χ0v) is 38.4. The van der Waals surface area contributed by atoms with E-state index in [1.54, 1.807) is 12.2 Å². The highest BCUT2D eigenvalue weighted by Crippen LogP contribution is 2.43. The molecule has 0 aliphatic heterocycles. The summed E-state index contributed by atoms with van der Waals surface area (Å²) < 4.78 is 32.6. The number of aliphatic hydroxyl groups excluding tert-OH is 3. The van der Waals surface area contributed by atoms with Crippen molar-refractivity contribution in [2.75, 3.05) is 19.8 Å². The quantitative estimate of drug-likeness (QED) is 0.0148. The normalized spacial score (nSPS) is 20.4. The largest absolute Gasteiger partial charge is 0.480 e. The van der Waals surface area contributed by atoms with Gasteiger partial charge in [0.15, 0.2) is 6.10 Å². The van der Waals surface area contributed by atoms with Crippen LogP contribution in [-0.2, 0) is 42.3 Å². The van der Waals surface area contributed by atoms with Gasteiger partial charge in [-0.25, -0.2) is 4.57 Å². The predicted molar refractivity (Wildman–Crippen MR) is 238 cm³/mol. The molecule has 7 N–H and O–H groups in total. The number of Topliss-reactive ketones (excluding diaryl/α,β-unsaturated/α-hetero) is 1. The molecule has 1 aliphatic rings. The third kappa shape index (κ3) is 29.6. The molecular weight excluding hydrogens is 821 g/mol. The minimum atomic E-state index is -4.81. The van der Waals surface area contributed by atoms with E-state index in [-0.39, 0.29) is 37.9 Å². The van der Waals surface area contributed by atoms with Gasteiger partial charge in [0, 0.05) is 43.9 Å². The molecule has 0 amide bonds. The fourth-order valence-electron chi connectivity index (χ4n) is 7.09. The number of aliphatic hydroxyl groups is 3. The van der Waals surface area contributed by atoms with Gasteiger partial charge in [-0.05, 0) is 57.8 Å². The second kappa shape index (κ2) is 35.6. The van der Waals surface area contributed by atoms with Crippen molar-refractivity contribution in [3.05, 3.63) is 36.5 Å². The number of unbranched alkanes of at least 4 members (excludes halogenated alkanes) is 13. The molecule has 0 heterocycles. The van der Waals surface area contributed by atoms with Crippen molar-refractivity contribution in [1.29, 1.82) is 0 Å². The van der Waals surface area contributed by atoms with Crippen LogP contribution >= 0.6 is 7.82 Å². The molecule has 0 spiro atoms. The molecule has 0 radical (unpaired) electrons. The second-order valence-electron chi connectivity index (χ2n) is 16.5. The molecule has 1 saturated carbocycles. The van der Waals surface area contributed by atoms with Crippen LogP contribution in [0.5, 0.6) is 0 Å². The number of carboxylic acid groups (broad SMARTS) is 1. The zero-order valence-electron chi connectivity index (χ0n) is 37.5. The van der Waals surface area contributed by atoms with Crippen LogP contribution in [0.2, 0.25) is 0 Å². The molecule has 0 saturated heterocycles. The Morgan fingerprint density at radius 2 is 1.29 bits per heavy atom. The van der Waals surface area contributed by atoms with Gasteiger partial charge in [-0.15, -0.1) is 0 Å². The lowest BCUT2D eigenvalue weighted by Crippen LogP contribution is -2.34. The van der Waals surface area contributed by atoms with Crippen molar-refractivity contribution < 1.29 is 67.6 Å². The lowest BCUT2D eigenvalue weighted by molar-refractivity contribution is -0.161. The summed E-state index contributed by atoms with van der Waals surface area (Å²) in [5.74, 6) is -3.79. The average Bonchev–Trinajstić information content (AvgIpc) is 3.49. The number of ketones is 1. The first-order valence-corrected chi connectivity index (χ1v) is 24.7. The highest BCUT2D eigenvalue weighted by Gasteiger charge is 2.41. The minimum Gasteiger partial charge on any atom is -0.480 e. The summed E-state index contributed by atoms with van der Waals surface area (Å²) in [6, 6.07) is -1.58. The van der Waals surface area contributed by atoms with E-state index < -0.39 is 87.8 Å². The molecule has 62 heavy (non-hydrogen) atoms. The van der Waals surface area contributed by atoms with E-state index in [0.29, 0.717) is 25.7 Å². The van der Waals surface area contributed by atoms with E-state index in [9.17, 15) is 44.0 Å². The molecule has 0 aromatic rings. The van der Waals surface area contributed by atoms with Gasteiger partial charge in [0.1, 0.15) is 18.4 Å². The fraction of sp³-hybridized carbons (Fsp3) is 0.783. The highest BCUT2D eigenvalue weighted by atomic mass is 31.2. The van der Waals surface area contributed by atoms with E-state index in [2.05, 4.69) is 42.7 Å². The standard InChI is InChI=1S/C46H80NO14P/c1-3-5-7-8-9-10-11-12-13-14-15-16-17-18-19-20-22-28-45(53)61-38(34-59-62(56,57)60-35-41(47)46(54)55)33-58-44(52)27-24-23-26-37(49)31-40-39(42(50)32-43(40)51)30-29-36(48)25-21-6-4-2/h9-10,12-13,29-30,36,38-43,48,50-51H,3-8,11,14-28,31-35,47H2,1-2H3,(H,54,55)(H,56,57)/b10-9-,13-12-,30-29+/t36-,38+,39+,40+,41-,42+,43-/m0/s1. The van der Waals surface area contributed by atoms with Gasteiger partial charge < -0.3 is 40.5 Å². The van der Waals surface area contributed by atoms with Crippen molar-refractivity contribution in [2.45, 2.75) is 198 Å². The van der Waals surface area contributed by atoms with Gasteiger partial charge in [0.2, 0.25) is 0 Å². The summed E-state index contributed by atoms with van der Waals surface area (Å²) in [6.45, 7) is 2.28. The first-order chi connectivity index (χ1) is 29.7. The Morgan fingerprint density at radius 1 is 0.726 bits per heavy atom. The van der Waals surface area contributed by atoms with Gasteiger partial charge in [-0.1, -0.05) is 115 Å². The Balaban J connectivity index is 2.50. The van der Waals surface area contributed by atoms with Crippen LogP contribution in [0, 0.1) is 11.8 Å². The van der Waals surface area contributed by atoms with Crippen LogP contribution in [0.15, 0.2) is 36.5 Å². The Hall–Kier alpha value is -2.75. The maximum Gasteiger partial charge on any atom is 0.472 e. The number of carbonyl (C=O) groups excluding carboxylic acids is 3. The number of carboxylic acids is 1. The SMILES string of the molecule is CCCCC/C=C\C/C=C\CCCCCCCCCC(=O)O[C@H](COC(=O)CCCCC(=O)C[C@@H]1[C@@H](/C=C/[C@@H](O)CCCCC)[C@H](O)C[C@@H]1O)COP(=O)(O)OC[C@H](N)C(=O)O. The third-order valence-electron chi connectivity index (χ3n) is 10.8. The number of phosphoric ester groups is 1. The van der Waals surface area contributed by atoms with E-state index in [1.807, 2.05) is 0 Å². The van der Waals surface area contributed by atoms with Crippen molar-refractivity contribution >= 4 is 31.5 Å². The fourth-order valence-corrected chi connectivity index (χ4v) is 7.87. The average molecular weight is 902 g/mol. The predicted octanol–water partition coefficient (Wildman–Crippen LogP) is 7.96. The lowest BCUT2D eigenvalue weighted by Gasteiger charge is -2.20. The number of hydrogen-bond acceptors (Lipinski definition) is 13. The lowest BCUT2D eigenvalue weighted by atomic mass is 9.87. The molecule has 1 rings (SSSR count). The van der Waals surface area contributed by atoms with E-state index in [0.717, 1.165) is 77.0 Å². The molecule has 1 fully saturated rings. The topological polar surface area (TPSA) is 249 Å². The molecule has 0 bridgehead atoms. The maximum absolute atomic E-state index is 12.8. The summed E-state index contributed by atoms with van der Waals surface area (Å²) in [4.78, 5) is 59.1. The molecule has 1 unspecified atom stereocenters. The first kappa shape index (κ1) is 57.3. The van der Waals surface area contributed by atoms with Gasteiger partial charge >= 0.3 is 25.7 Å². The summed E-state index contributed by atoms with van der Waals surface area (Å²) >= 11 is 0. The number of carbonyl (C=O) groups is 4. The van der Waals surface area contributed by atoms with Crippen molar-refractivity contribution in [3.8, 4) is 0 Å². The van der Waals surface area contributed by atoms with Crippen LogP contribution < -0.4 is 5.73 Å². The number of esters is 2. The highest BCUT2D eigenvalue weighted by molar-refractivity contribution is 7.47. The molecular formula is C46H80NO14P. The number of rotatable bonds is 39. The second-order valence-corrected chi connectivity index (χ2v) is 18.0. The van der Waals surface area contributed by atoms with E-state index in [1.165, 1.54) is 19.3 Å². The van der Waals surface area contributed by atoms with Crippen LogP contribution in [0.4, 0.5) is 0 Å². The number of phosphoric acid groups is 1. The Morgan fingerprint density at radius 3 is 1.95 bits per heavy atom. The maximum atomic E-state index is 12.8. The van der Waals surface area contributed by atoms with E-state index >= 15 is 0 Å². The summed E-state index contributed by atoms with van der Waals surface area (Å²) in [5.41, 5.74) is 5.33. The summed E-state index contributed by atoms with van der Waals surface area (Å²) in [5, 5.41) is 40.2. The minimum absolute atomic E-state index is 0.0489. The Kier molecular flexibility index (Phi) is 32.9. The van der Waals surface area contributed by atoms with Crippen molar-refractivity contribution in [1.82, 2.24) is 0 Å². The number of aliphatic carboxylic acids is 1. The summed E-state index contributed by atoms with van der Waals surface area (Å²) in [6.07, 6.45) is 27.0. The molecule has 1 aliphatic carbocycles. The van der Waals surface area contributed by atoms with Crippen LogP contribution in [0.25, 0.3) is 0 Å². The number of allylic oxidation sites excluding steroid dienone is 4. The summed E-state index contributed by atoms with van der Waals surface area (Å²) in [7, 11) is -4.81. The molecule has 16 heteroatoms. The van der Waals surface area contributed by atoms with Crippen LogP contribution in [0.1, 0.15) is 168 Å². The molecule has 0 aromatic carbocycles. The van der Waals surface area contributed by atoms with E-state index in [4.69, 9.17) is 24.8 Å². The van der Waals surface area contributed by atoms with Gasteiger partial charge in [-0.3, -0.25) is 28.2 Å². The van der Waals surface area contributed by atoms with Crippen molar-refractivity contribution in [2.24, 2.45) is 17.6 Å². The molecule has 15 nitrogen and oxygen atoms in total. The Bertz CT molecular complexity index is 1370. The number of ether oxygens (including phenoxy) is 2. The molecule has 358 valence electrons. The first-order valence-electron chi connectivity index (χ1n) is 23.2. The zero-order chi connectivity index (χ0) is 46.0.